The maximum atomic E-state index is 12.0. The molecule has 0 saturated heterocycles. The summed E-state index contributed by atoms with van der Waals surface area (Å²) in [5.74, 6) is -0.662. The van der Waals surface area contributed by atoms with E-state index >= 15 is 0 Å². The van der Waals surface area contributed by atoms with Gasteiger partial charge in [0.25, 0.3) is 0 Å². The zero-order valence-corrected chi connectivity index (χ0v) is 20.0. The van der Waals surface area contributed by atoms with Crippen molar-refractivity contribution in [3.05, 3.63) is 50.4 Å². The van der Waals surface area contributed by atoms with Crippen molar-refractivity contribution in [3.63, 3.8) is 0 Å². The number of hydrogen-bond donors (Lipinski definition) is 2. The first-order valence-electron chi connectivity index (χ1n) is 7.50. The summed E-state index contributed by atoms with van der Waals surface area (Å²) in [5, 5.41) is 3.80. The molecule has 0 saturated carbocycles. The highest BCUT2D eigenvalue weighted by Gasteiger charge is 2.22. The zero-order valence-electron chi connectivity index (χ0n) is 13.7. The SMILES string of the molecule is CC(Cl)C(Cl)C(=O)NC(=O)Nc1cc(Br)c(Sc2ccc(Cl)cc2)c(Br)c1. The van der Waals surface area contributed by atoms with Gasteiger partial charge >= 0.3 is 6.03 Å². The average molecular weight is 576 g/mol. The van der Waals surface area contributed by atoms with Gasteiger partial charge in [-0.1, -0.05) is 23.4 Å². The van der Waals surface area contributed by atoms with E-state index in [-0.39, 0.29) is 0 Å². The first-order chi connectivity index (χ1) is 12.7. The number of imide groups is 1. The summed E-state index contributed by atoms with van der Waals surface area (Å²) in [6.45, 7) is 1.57. The Kier molecular flexibility index (Phi) is 8.77. The first-order valence-corrected chi connectivity index (χ1v) is 11.1. The number of carbonyl (C=O) groups excluding carboxylic acids is 2. The van der Waals surface area contributed by atoms with Gasteiger partial charge in [-0.2, -0.15) is 0 Å². The molecule has 3 amide bonds. The molecule has 27 heavy (non-hydrogen) atoms. The third-order valence-electron chi connectivity index (χ3n) is 3.18. The molecule has 0 heterocycles. The van der Waals surface area contributed by atoms with Crippen LogP contribution in [0.15, 0.2) is 55.1 Å². The van der Waals surface area contributed by atoms with E-state index in [1.54, 1.807) is 19.1 Å². The highest BCUT2D eigenvalue weighted by atomic mass is 79.9. The van der Waals surface area contributed by atoms with Crippen molar-refractivity contribution >= 4 is 96.1 Å². The minimum atomic E-state index is -1.01. The fourth-order valence-electron chi connectivity index (χ4n) is 1.90. The number of nitrogens with one attached hydrogen (secondary N) is 2. The van der Waals surface area contributed by atoms with Crippen molar-refractivity contribution in [2.24, 2.45) is 0 Å². The summed E-state index contributed by atoms with van der Waals surface area (Å²) in [5.41, 5.74) is 0.490. The first kappa shape index (κ1) is 22.8. The number of rotatable bonds is 5. The van der Waals surface area contributed by atoms with Crippen LogP contribution in [-0.2, 0) is 4.79 Å². The molecule has 0 aliphatic carbocycles. The maximum Gasteiger partial charge on any atom is 0.325 e. The third-order valence-corrected chi connectivity index (χ3v) is 7.32. The number of anilines is 1. The van der Waals surface area contributed by atoms with Crippen LogP contribution < -0.4 is 10.6 Å². The lowest BCUT2D eigenvalue weighted by atomic mass is 10.3. The molecule has 0 spiro atoms. The molecular weight excluding hydrogens is 562 g/mol. The van der Waals surface area contributed by atoms with Gasteiger partial charge in [0, 0.05) is 29.4 Å². The minimum absolute atomic E-state index is 0.490. The van der Waals surface area contributed by atoms with Gasteiger partial charge in [0.2, 0.25) is 5.91 Å². The predicted molar refractivity (Wildman–Crippen MR) is 120 cm³/mol. The van der Waals surface area contributed by atoms with E-state index in [4.69, 9.17) is 34.8 Å². The predicted octanol–water partition coefficient (Wildman–Crippen LogP) is 6.90. The molecule has 2 aromatic carbocycles. The fraction of sp³-hybridized carbons (Fsp3) is 0.176. The van der Waals surface area contributed by atoms with E-state index < -0.39 is 22.7 Å². The number of halogens is 5. The van der Waals surface area contributed by atoms with Gasteiger partial charge in [-0.25, -0.2) is 4.79 Å². The van der Waals surface area contributed by atoms with Crippen LogP contribution >= 0.6 is 78.4 Å². The van der Waals surface area contributed by atoms with Crippen LogP contribution in [0.1, 0.15) is 6.92 Å². The summed E-state index contributed by atoms with van der Waals surface area (Å²) in [4.78, 5) is 25.7. The van der Waals surface area contributed by atoms with E-state index in [2.05, 4.69) is 42.5 Å². The smallest absolute Gasteiger partial charge is 0.308 e. The number of benzene rings is 2. The van der Waals surface area contributed by atoms with Gasteiger partial charge in [0.05, 0.1) is 5.38 Å². The number of alkyl halides is 2. The van der Waals surface area contributed by atoms with Crippen molar-refractivity contribution in [2.75, 3.05) is 5.32 Å². The molecule has 4 nitrogen and oxygen atoms in total. The average Bonchev–Trinajstić information content (AvgIpc) is 2.58. The van der Waals surface area contributed by atoms with E-state index in [0.29, 0.717) is 10.7 Å². The largest absolute Gasteiger partial charge is 0.325 e. The van der Waals surface area contributed by atoms with Crippen LogP contribution in [0.3, 0.4) is 0 Å². The number of amides is 3. The van der Waals surface area contributed by atoms with Crippen molar-refractivity contribution < 1.29 is 9.59 Å². The molecule has 0 aliphatic heterocycles. The molecule has 2 atom stereocenters. The van der Waals surface area contributed by atoms with Crippen LogP contribution in [0.5, 0.6) is 0 Å². The lowest BCUT2D eigenvalue weighted by Crippen LogP contribution is -2.41. The molecule has 0 radical (unpaired) electrons. The number of carbonyl (C=O) groups is 2. The minimum Gasteiger partial charge on any atom is -0.308 e. The van der Waals surface area contributed by atoms with Gasteiger partial charge in [0.1, 0.15) is 5.38 Å². The second-order valence-corrected chi connectivity index (χ2v) is 9.74. The van der Waals surface area contributed by atoms with Gasteiger partial charge in [-0.15, -0.1) is 23.2 Å². The Morgan fingerprint density at radius 1 is 1.07 bits per heavy atom. The van der Waals surface area contributed by atoms with Crippen LogP contribution in [0.25, 0.3) is 0 Å². The van der Waals surface area contributed by atoms with E-state index in [1.807, 2.05) is 24.3 Å². The van der Waals surface area contributed by atoms with Crippen molar-refractivity contribution in [3.8, 4) is 0 Å². The van der Waals surface area contributed by atoms with E-state index in [9.17, 15) is 9.59 Å². The molecule has 10 heteroatoms. The lowest BCUT2D eigenvalue weighted by Gasteiger charge is -2.13. The highest BCUT2D eigenvalue weighted by Crippen LogP contribution is 2.41. The topological polar surface area (TPSA) is 58.2 Å². The summed E-state index contributed by atoms with van der Waals surface area (Å²) >= 11 is 26.0. The molecule has 0 fully saturated rings. The molecule has 2 unspecified atom stereocenters. The van der Waals surface area contributed by atoms with Gasteiger partial charge in [0.15, 0.2) is 0 Å². The van der Waals surface area contributed by atoms with Crippen molar-refractivity contribution in [1.82, 2.24) is 5.32 Å². The summed E-state index contributed by atoms with van der Waals surface area (Å²) in [6, 6.07) is 10.2. The van der Waals surface area contributed by atoms with E-state index in [0.717, 1.165) is 18.7 Å². The Labute approximate surface area is 193 Å². The summed E-state index contributed by atoms with van der Waals surface area (Å²) < 4.78 is 1.53. The van der Waals surface area contributed by atoms with Crippen molar-refractivity contribution in [1.29, 1.82) is 0 Å². The van der Waals surface area contributed by atoms with Crippen LogP contribution in [0.4, 0.5) is 10.5 Å². The Hall–Kier alpha value is -0.440. The normalized spacial score (nSPS) is 13.0. The Morgan fingerprint density at radius 2 is 1.63 bits per heavy atom. The lowest BCUT2D eigenvalue weighted by molar-refractivity contribution is -0.119. The molecule has 0 bridgehead atoms. The monoisotopic (exact) mass is 572 g/mol. The van der Waals surface area contributed by atoms with E-state index in [1.165, 1.54) is 11.8 Å². The second-order valence-electron chi connectivity index (χ2n) is 5.35. The van der Waals surface area contributed by atoms with Crippen molar-refractivity contribution in [2.45, 2.75) is 27.5 Å². The van der Waals surface area contributed by atoms with Gasteiger partial charge < -0.3 is 5.32 Å². The van der Waals surface area contributed by atoms with Crippen LogP contribution in [0.2, 0.25) is 5.02 Å². The van der Waals surface area contributed by atoms with Gasteiger partial charge in [-0.3, -0.25) is 10.1 Å². The molecule has 2 rings (SSSR count). The number of hydrogen-bond acceptors (Lipinski definition) is 3. The molecule has 0 aromatic heterocycles. The quantitative estimate of drug-likeness (QED) is 0.382. The zero-order chi connectivity index (χ0) is 20.1. The number of urea groups is 1. The molecule has 144 valence electrons. The standard InChI is InChI=1S/C17H13Br2Cl3N2O2S/c1-8(20)14(22)16(25)24-17(26)23-10-6-12(18)15(13(19)7-10)27-11-4-2-9(21)3-5-11/h2-8,14H,1H3,(H2,23,24,25,26). The third kappa shape index (κ3) is 6.84. The summed E-state index contributed by atoms with van der Waals surface area (Å²) in [6.07, 6.45) is 0. The maximum absolute atomic E-state index is 12.0. The second kappa shape index (κ2) is 10.4. The van der Waals surface area contributed by atoms with Gasteiger partial charge in [-0.05, 0) is 75.2 Å². The summed E-state index contributed by atoms with van der Waals surface area (Å²) in [7, 11) is 0. The Morgan fingerprint density at radius 3 is 2.15 bits per heavy atom. The Balaban J connectivity index is 2.08. The Bertz CT molecular complexity index is 828. The highest BCUT2D eigenvalue weighted by molar-refractivity contribution is 9.11. The molecule has 2 aromatic rings. The molecule has 0 aliphatic rings. The molecule has 2 N–H and O–H groups in total. The van der Waals surface area contributed by atoms with Crippen LogP contribution in [0, 0.1) is 0 Å². The van der Waals surface area contributed by atoms with Crippen LogP contribution in [-0.4, -0.2) is 22.7 Å². The fourth-order valence-corrected chi connectivity index (χ4v) is 4.69. The molecular formula is C17H13Br2Cl3N2O2S.